The van der Waals surface area contributed by atoms with Crippen LogP contribution in [-0.2, 0) is 4.74 Å². The quantitative estimate of drug-likeness (QED) is 0.568. The van der Waals surface area contributed by atoms with E-state index in [0.29, 0.717) is 18.8 Å². The van der Waals surface area contributed by atoms with Crippen molar-refractivity contribution in [3.05, 3.63) is 41.6 Å². The van der Waals surface area contributed by atoms with Crippen LogP contribution in [0.5, 0.6) is 0 Å². The Kier molecular flexibility index (Phi) is 9.57. The van der Waals surface area contributed by atoms with Gasteiger partial charge in [-0.1, -0.05) is 37.6 Å². The molecule has 1 aromatic rings. The van der Waals surface area contributed by atoms with Gasteiger partial charge in [-0.15, -0.1) is 0 Å². The minimum Gasteiger partial charge on any atom is -0.444 e. The molecule has 0 aromatic heterocycles. The number of ether oxygens (including phenoxy) is 1. The lowest BCUT2D eigenvalue weighted by atomic mass is 10.1. The van der Waals surface area contributed by atoms with Gasteiger partial charge in [0.05, 0.1) is 12.2 Å². The van der Waals surface area contributed by atoms with Crippen LogP contribution in [0.25, 0.3) is 5.70 Å². The molecule has 0 bridgehead atoms. The molecule has 0 spiro atoms. The van der Waals surface area contributed by atoms with Crippen LogP contribution in [0, 0.1) is 6.92 Å². The number of hydrogen-bond donors (Lipinski definition) is 3. The van der Waals surface area contributed by atoms with Gasteiger partial charge in [0.15, 0.2) is 0 Å². The van der Waals surface area contributed by atoms with E-state index in [9.17, 15) is 4.79 Å². The zero-order chi connectivity index (χ0) is 18.8. The first-order chi connectivity index (χ1) is 11.2. The minimum atomic E-state index is -0.512. The molecule has 6 nitrogen and oxygen atoms in total. The molecule has 1 rings (SSSR count). The van der Waals surface area contributed by atoms with Crippen LogP contribution in [0.2, 0.25) is 0 Å². The summed E-state index contributed by atoms with van der Waals surface area (Å²) < 4.78 is 5.13. The number of aryl methyl sites for hydroxylation is 1. The molecule has 0 heterocycles. The molecule has 6 heteroatoms. The monoisotopic (exact) mass is 336 g/mol. The molecule has 5 N–H and O–H groups in total. The van der Waals surface area contributed by atoms with Gasteiger partial charge in [0, 0.05) is 12.7 Å². The molecule has 1 aromatic carbocycles. The Morgan fingerprint density at radius 1 is 1.33 bits per heavy atom. The van der Waals surface area contributed by atoms with Gasteiger partial charge in [0.2, 0.25) is 0 Å². The number of hydrogen-bond acceptors (Lipinski definition) is 5. The van der Waals surface area contributed by atoms with Gasteiger partial charge in [0.25, 0.3) is 0 Å². The van der Waals surface area contributed by atoms with Crippen LogP contribution in [0.4, 0.5) is 4.79 Å². The van der Waals surface area contributed by atoms with Crippen molar-refractivity contribution in [1.29, 1.82) is 0 Å². The predicted molar refractivity (Wildman–Crippen MR) is 99.8 cm³/mol. The molecule has 0 aliphatic rings. The van der Waals surface area contributed by atoms with E-state index in [-0.39, 0.29) is 0 Å². The first-order valence-corrected chi connectivity index (χ1v) is 8.20. The third-order valence-electron chi connectivity index (χ3n) is 2.69. The van der Waals surface area contributed by atoms with Crippen molar-refractivity contribution >= 4 is 11.8 Å². The second kappa shape index (κ2) is 10.5. The summed E-state index contributed by atoms with van der Waals surface area (Å²) in [7, 11) is 0. The zero-order valence-electron chi connectivity index (χ0n) is 15.7. The van der Waals surface area contributed by atoms with E-state index in [0.717, 1.165) is 11.1 Å². The molecule has 0 saturated heterocycles. The Labute approximate surface area is 145 Å². The zero-order valence-corrected chi connectivity index (χ0v) is 15.7. The largest absolute Gasteiger partial charge is 0.444 e. The maximum atomic E-state index is 11.5. The summed E-state index contributed by atoms with van der Waals surface area (Å²) in [5, 5.41) is 4.08. The molecular formula is C18H32N4O2. The smallest absolute Gasteiger partial charge is 0.407 e. The highest BCUT2D eigenvalue weighted by Gasteiger charge is 2.15. The van der Waals surface area contributed by atoms with Gasteiger partial charge in [0.1, 0.15) is 5.60 Å². The van der Waals surface area contributed by atoms with Crippen LogP contribution in [-0.4, -0.2) is 29.8 Å². The summed E-state index contributed by atoms with van der Waals surface area (Å²) in [6.07, 6.45) is 1.18. The van der Waals surface area contributed by atoms with E-state index in [1.165, 1.54) is 5.01 Å². The van der Waals surface area contributed by atoms with Crippen LogP contribution in [0.1, 0.15) is 45.7 Å². The van der Waals surface area contributed by atoms with Crippen molar-refractivity contribution in [2.45, 2.75) is 47.1 Å². The Hall–Kier alpha value is -2.21. The number of amides is 1. The lowest BCUT2D eigenvalue weighted by molar-refractivity contribution is 0.0524. The second-order valence-corrected chi connectivity index (χ2v) is 6.12. The Balaban J connectivity index is 0.00000254. The highest BCUT2D eigenvalue weighted by Crippen LogP contribution is 2.11. The van der Waals surface area contributed by atoms with E-state index in [2.05, 4.69) is 5.32 Å². The third kappa shape index (κ3) is 9.74. The lowest BCUT2D eigenvalue weighted by Crippen LogP contribution is -2.38. The summed E-state index contributed by atoms with van der Waals surface area (Å²) in [4.78, 5) is 11.5. The number of nitrogens with one attached hydrogen (secondary N) is 1. The van der Waals surface area contributed by atoms with Crippen molar-refractivity contribution in [2.24, 2.45) is 11.6 Å². The molecule has 0 fully saturated rings. The van der Waals surface area contributed by atoms with Gasteiger partial charge >= 0.3 is 6.09 Å². The normalized spacial score (nSPS) is 11.2. The fourth-order valence-corrected chi connectivity index (χ4v) is 1.74. The molecule has 0 unspecified atom stereocenters. The molecule has 1 amide bonds. The molecule has 136 valence electrons. The Morgan fingerprint density at radius 3 is 2.50 bits per heavy atom. The van der Waals surface area contributed by atoms with E-state index >= 15 is 0 Å². The molecule has 0 radical (unpaired) electrons. The SMILES string of the molecule is CC.Cc1cccc(/C(N)=C/N(N)CCNC(=O)OC(C)(C)C)c1. The van der Waals surface area contributed by atoms with Gasteiger partial charge in [-0.3, -0.25) is 0 Å². The topological polar surface area (TPSA) is 93.6 Å². The highest BCUT2D eigenvalue weighted by molar-refractivity contribution is 5.67. The van der Waals surface area contributed by atoms with Gasteiger partial charge in [-0.05, 0) is 39.3 Å². The summed E-state index contributed by atoms with van der Waals surface area (Å²) in [6.45, 7) is 12.2. The fraction of sp³-hybridized carbons (Fsp3) is 0.500. The van der Waals surface area contributed by atoms with E-state index in [4.69, 9.17) is 16.3 Å². The van der Waals surface area contributed by atoms with E-state index < -0.39 is 11.7 Å². The first kappa shape index (κ1) is 21.8. The van der Waals surface area contributed by atoms with E-state index in [1.54, 1.807) is 6.20 Å². The van der Waals surface area contributed by atoms with Gasteiger partial charge in [-0.25, -0.2) is 10.6 Å². The number of benzene rings is 1. The number of nitrogens with two attached hydrogens (primary N) is 2. The number of nitrogens with zero attached hydrogens (tertiary/aromatic N) is 1. The molecule has 0 aliphatic heterocycles. The maximum Gasteiger partial charge on any atom is 0.407 e. The van der Waals surface area contributed by atoms with E-state index in [1.807, 2.05) is 65.8 Å². The van der Waals surface area contributed by atoms with Crippen molar-refractivity contribution in [3.63, 3.8) is 0 Å². The average Bonchev–Trinajstić information content (AvgIpc) is 2.47. The molecule has 0 atom stereocenters. The highest BCUT2D eigenvalue weighted by atomic mass is 16.6. The van der Waals surface area contributed by atoms with Gasteiger partial charge in [-0.2, -0.15) is 0 Å². The average molecular weight is 336 g/mol. The number of carbonyl (C=O) groups excluding carboxylic acids is 1. The number of alkyl carbamates (subject to hydrolysis) is 1. The standard InChI is InChI=1S/C16H26N4O2.C2H6/c1-12-6-5-7-13(10-12)14(17)11-20(18)9-8-19-15(21)22-16(2,3)4;1-2/h5-7,10-11H,8-9,17-18H2,1-4H3,(H,19,21);1-2H3/b14-11-;. The van der Waals surface area contributed by atoms with Crippen LogP contribution >= 0.6 is 0 Å². The van der Waals surface area contributed by atoms with Crippen molar-refractivity contribution in [1.82, 2.24) is 10.3 Å². The maximum absolute atomic E-state index is 11.5. The van der Waals surface area contributed by atoms with Crippen molar-refractivity contribution in [3.8, 4) is 0 Å². The molecular weight excluding hydrogens is 304 g/mol. The second-order valence-electron chi connectivity index (χ2n) is 6.12. The molecule has 0 saturated carbocycles. The fourth-order valence-electron chi connectivity index (χ4n) is 1.74. The Morgan fingerprint density at radius 2 is 1.96 bits per heavy atom. The predicted octanol–water partition coefficient (Wildman–Crippen LogP) is 2.98. The molecule has 0 aliphatic carbocycles. The lowest BCUT2D eigenvalue weighted by Gasteiger charge is -2.20. The van der Waals surface area contributed by atoms with Crippen molar-refractivity contribution in [2.75, 3.05) is 13.1 Å². The molecule has 24 heavy (non-hydrogen) atoms. The third-order valence-corrected chi connectivity index (χ3v) is 2.69. The summed E-state index contributed by atoms with van der Waals surface area (Å²) >= 11 is 0. The van der Waals surface area contributed by atoms with Crippen molar-refractivity contribution < 1.29 is 9.53 Å². The van der Waals surface area contributed by atoms with Crippen LogP contribution in [0.15, 0.2) is 30.5 Å². The summed E-state index contributed by atoms with van der Waals surface area (Å²) in [6, 6.07) is 7.85. The number of carbonyl (C=O) groups is 1. The van der Waals surface area contributed by atoms with Crippen LogP contribution < -0.4 is 16.9 Å². The van der Waals surface area contributed by atoms with Crippen LogP contribution in [0.3, 0.4) is 0 Å². The first-order valence-electron chi connectivity index (χ1n) is 8.20. The minimum absolute atomic E-state index is 0.364. The summed E-state index contributed by atoms with van der Waals surface area (Å²) in [5.74, 6) is 5.85. The number of rotatable bonds is 5. The van der Waals surface area contributed by atoms with Gasteiger partial charge < -0.3 is 20.8 Å². The summed E-state index contributed by atoms with van der Waals surface area (Å²) in [5.41, 5.74) is 8.11. The number of hydrazine groups is 1. The Bertz CT molecular complexity index is 536.